The summed E-state index contributed by atoms with van der Waals surface area (Å²) in [4.78, 5) is 15.3. The van der Waals surface area contributed by atoms with Crippen LogP contribution in [0.4, 0.5) is 0 Å². The Labute approximate surface area is 109 Å². The van der Waals surface area contributed by atoms with E-state index in [9.17, 15) is 4.79 Å². The minimum Gasteiger partial charge on any atom is -0.482 e. The molecule has 0 aliphatic heterocycles. The van der Waals surface area contributed by atoms with Crippen molar-refractivity contribution in [3.63, 3.8) is 0 Å². The van der Waals surface area contributed by atoms with E-state index in [-0.39, 0.29) is 12.5 Å². The van der Waals surface area contributed by atoms with E-state index in [0.29, 0.717) is 18.9 Å². The molecule has 0 bridgehead atoms. The zero-order valence-corrected chi connectivity index (χ0v) is 11.2. The van der Waals surface area contributed by atoms with E-state index in [1.54, 1.807) is 25.4 Å². The average molecular weight is 303 g/mol. The molecule has 1 aromatic heterocycles. The first-order valence-electron chi connectivity index (χ1n) is 5.22. The molecule has 0 atom stereocenters. The zero-order valence-electron chi connectivity index (χ0n) is 9.61. The fourth-order valence-corrected chi connectivity index (χ4v) is 1.33. The van der Waals surface area contributed by atoms with E-state index in [1.807, 2.05) is 0 Å². The van der Waals surface area contributed by atoms with E-state index in [4.69, 9.17) is 9.47 Å². The highest BCUT2D eigenvalue weighted by Gasteiger charge is 2.02. The fraction of sp³-hybridized carbons (Fsp3) is 0.455. The molecule has 0 radical (unpaired) electrons. The van der Waals surface area contributed by atoms with Crippen molar-refractivity contribution < 1.29 is 14.3 Å². The van der Waals surface area contributed by atoms with Crippen molar-refractivity contribution in [1.82, 2.24) is 10.3 Å². The maximum Gasteiger partial charge on any atom is 0.257 e. The monoisotopic (exact) mass is 302 g/mol. The fourth-order valence-electron chi connectivity index (χ4n) is 1.09. The van der Waals surface area contributed by atoms with Crippen molar-refractivity contribution in [1.29, 1.82) is 0 Å². The maximum absolute atomic E-state index is 11.3. The molecule has 5 nitrogen and oxygen atoms in total. The Kier molecular flexibility index (Phi) is 6.57. The number of aromatic nitrogens is 1. The molecule has 0 fully saturated rings. The molecule has 17 heavy (non-hydrogen) atoms. The van der Waals surface area contributed by atoms with Gasteiger partial charge in [-0.05, 0) is 34.5 Å². The molecular formula is C11H15BrN2O3. The quantitative estimate of drug-likeness (QED) is 0.610. The summed E-state index contributed by atoms with van der Waals surface area (Å²) in [6.07, 6.45) is 2.35. The lowest BCUT2D eigenvalue weighted by Gasteiger charge is -2.06. The number of methoxy groups -OCH3 is 1. The molecule has 94 valence electrons. The Morgan fingerprint density at radius 1 is 1.53 bits per heavy atom. The normalized spacial score (nSPS) is 10.0. The summed E-state index contributed by atoms with van der Waals surface area (Å²) in [5, 5.41) is 2.73. The van der Waals surface area contributed by atoms with Gasteiger partial charge in [0.05, 0.1) is 6.20 Å². The van der Waals surface area contributed by atoms with Crippen LogP contribution in [0.3, 0.4) is 0 Å². The van der Waals surface area contributed by atoms with E-state index in [1.165, 1.54) is 0 Å². The predicted molar refractivity (Wildman–Crippen MR) is 66.9 cm³/mol. The Hall–Kier alpha value is -1.14. The third-order valence-corrected chi connectivity index (χ3v) is 2.39. The lowest BCUT2D eigenvalue weighted by atomic mass is 10.4. The molecule has 0 aromatic carbocycles. The van der Waals surface area contributed by atoms with Crippen LogP contribution >= 0.6 is 15.9 Å². The molecule has 1 amide bonds. The smallest absolute Gasteiger partial charge is 0.257 e. The highest BCUT2D eigenvalue weighted by molar-refractivity contribution is 9.10. The number of carbonyl (C=O) groups excluding carboxylic acids is 1. The number of nitrogens with zero attached hydrogens (tertiary/aromatic N) is 1. The van der Waals surface area contributed by atoms with Gasteiger partial charge < -0.3 is 14.8 Å². The lowest BCUT2D eigenvalue weighted by Crippen LogP contribution is -2.30. The van der Waals surface area contributed by atoms with Gasteiger partial charge in [0.15, 0.2) is 6.61 Å². The van der Waals surface area contributed by atoms with E-state index < -0.39 is 0 Å². The molecule has 6 heteroatoms. The van der Waals surface area contributed by atoms with Crippen LogP contribution in [-0.4, -0.2) is 37.8 Å². The number of amides is 1. The molecule has 1 heterocycles. The first-order valence-corrected chi connectivity index (χ1v) is 6.01. The van der Waals surface area contributed by atoms with Gasteiger partial charge in [0.2, 0.25) is 0 Å². The first-order chi connectivity index (χ1) is 8.22. The number of hydrogen-bond acceptors (Lipinski definition) is 4. The van der Waals surface area contributed by atoms with Crippen molar-refractivity contribution in [3.8, 4) is 5.75 Å². The second-order valence-corrected chi connectivity index (χ2v) is 4.11. The van der Waals surface area contributed by atoms with Crippen LogP contribution in [0.5, 0.6) is 5.75 Å². The Morgan fingerprint density at radius 2 is 2.35 bits per heavy atom. The molecule has 1 rings (SSSR count). The number of rotatable bonds is 7. The highest BCUT2D eigenvalue weighted by Crippen LogP contribution is 2.12. The van der Waals surface area contributed by atoms with Crippen LogP contribution in [0.1, 0.15) is 6.42 Å². The van der Waals surface area contributed by atoms with Crippen LogP contribution in [0.2, 0.25) is 0 Å². The van der Waals surface area contributed by atoms with Gasteiger partial charge in [0.25, 0.3) is 5.91 Å². The minimum absolute atomic E-state index is 0.00368. The number of ether oxygens (including phenoxy) is 2. The summed E-state index contributed by atoms with van der Waals surface area (Å²) in [6, 6.07) is 3.50. The molecule has 1 N–H and O–H groups in total. The van der Waals surface area contributed by atoms with Crippen molar-refractivity contribution in [2.45, 2.75) is 6.42 Å². The van der Waals surface area contributed by atoms with E-state index in [2.05, 4.69) is 26.2 Å². The van der Waals surface area contributed by atoms with Gasteiger partial charge in [-0.15, -0.1) is 0 Å². The lowest BCUT2D eigenvalue weighted by molar-refractivity contribution is -0.123. The van der Waals surface area contributed by atoms with Gasteiger partial charge in [-0.2, -0.15) is 0 Å². The Balaban J connectivity index is 2.17. The molecular weight excluding hydrogens is 288 g/mol. The third kappa shape index (κ3) is 6.23. The zero-order chi connectivity index (χ0) is 12.5. The summed E-state index contributed by atoms with van der Waals surface area (Å²) >= 11 is 3.22. The van der Waals surface area contributed by atoms with E-state index >= 15 is 0 Å². The van der Waals surface area contributed by atoms with Crippen molar-refractivity contribution in [2.75, 3.05) is 26.9 Å². The minimum atomic E-state index is -0.149. The van der Waals surface area contributed by atoms with Gasteiger partial charge in [0.1, 0.15) is 10.4 Å². The van der Waals surface area contributed by atoms with Crippen LogP contribution in [0.15, 0.2) is 22.9 Å². The van der Waals surface area contributed by atoms with Crippen LogP contribution < -0.4 is 10.1 Å². The molecule has 0 saturated heterocycles. The maximum atomic E-state index is 11.3. The third-order valence-electron chi connectivity index (χ3n) is 1.92. The van der Waals surface area contributed by atoms with Crippen molar-refractivity contribution >= 4 is 21.8 Å². The molecule has 0 aliphatic rings. The van der Waals surface area contributed by atoms with Crippen LogP contribution in [0.25, 0.3) is 0 Å². The Bertz CT molecular complexity index is 343. The summed E-state index contributed by atoms with van der Waals surface area (Å²) in [7, 11) is 1.63. The van der Waals surface area contributed by atoms with Gasteiger partial charge in [0, 0.05) is 20.3 Å². The summed E-state index contributed by atoms with van der Waals surface area (Å²) in [5.74, 6) is 0.421. The van der Waals surface area contributed by atoms with Crippen molar-refractivity contribution in [3.05, 3.63) is 22.9 Å². The highest BCUT2D eigenvalue weighted by atomic mass is 79.9. The second-order valence-electron chi connectivity index (χ2n) is 3.30. The number of carbonyl (C=O) groups is 1. The summed E-state index contributed by atoms with van der Waals surface area (Å²) in [5.41, 5.74) is 0. The average Bonchev–Trinajstić information content (AvgIpc) is 2.34. The molecule has 0 unspecified atom stereocenters. The molecule has 0 spiro atoms. The van der Waals surface area contributed by atoms with E-state index in [0.717, 1.165) is 11.0 Å². The first kappa shape index (κ1) is 13.9. The number of halogens is 1. The largest absolute Gasteiger partial charge is 0.482 e. The van der Waals surface area contributed by atoms with Gasteiger partial charge in [-0.1, -0.05) is 0 Å². The number of pyridine rings is 1. The standard InChI is InChI=1S/C11H15BrN2O3/c1-16-6-2-5-13-11(15)8-17-9-3-4-10(12)14-7-9/h3-4,7H,2,5-6,8H2,1H3,(H,13,15). The molecule has 0 saturated carbocycles. The SMILES string of the molecule is COCCCNC(=O)COc1ccc(Br)nc1. The second kappa shape index (κ2) is 8.03. The predicted octanol–water partition coefficient (Wildman–Crippen LogP) is 1.38. The van der Waals surface area contributed by atoms with Crippen molar-refractivity contribution in [2.24, 2.45) is 0 Å². The van der Waals surface area contributed by atoms with Gasteiger partial charge in [-0.3, -0.25) is 4.79 Å². The van der Waals surface area contributed by atoms with Crippen LogP contribution in [0, 0.1) is 0 Å². The van der Waals surface area contributed by atoms with Gasteiger partial charge >= 0.3 is 0 Å². The summed E-state index contributed by atoms with van der Waals surface area (Å²) in [6.45, 7) is 1.22. The number of nitrogens with one attached hydrogen (secondary N) is 1. The Morgan fingerprint density at radius 3 is 3.00 bits per heavy atom. The topological polar surface area (TPSA) is 60.5 Å². The molecule has 0 aliphatic carbocycles. The molecule has 1 aromatic rings. The van der Waals surface area contributed by atoms with Crippen LogP contribution in [-0.2, 0) is 9.53 Å². The van der Waals surface area contributed by atoms with Gasteiger partial charge in [-0.25, -0.2) is 4.98 Å². The summed E-state index contributed by atoms with van der Waals surface area (Å²) < 4.78 is 10.9. The number of hydrogen-bond donors (Lipinski definition) is 1.